The van der Waals surface area contributed by atoms with E-state index >= 15 is 0 Å². The molecule has 4 rings (SSSR count). The molecule has 1 aliphatic heterocycles. The predicted octanol–water partition coefficient (Wildman–Crippen LogP) is 3.11. The Kier molecular flexibility index (Phi) is 5.41. The van der Waals surface area contributed by atoms with Crippen molar-refractivity contribution in [2.75, 3.05) is 6.61 Å². The van der Waals surface area contributed by atoms with Crippen LogP contribution in [0.5, 0.6) is 0 Å². The normalized spacial score (nSPS) is 44.5. The van der Waals surface area contributed by atoms with E-state index < -0.39 is 35.6 Å². The van der Waals surface area contributed by atoms with E-state index in [1.165, 1.54) is 5.57 Å². The third-order valence-electron chi connectivity index (χ3n) is 8.40. The molecule has 0 aromatic heterocycles. The van der Waals surface area contributed by atoms with Gasteiger partial charge in [-0.1, -0.05) is 25.5 Å². The maximum absolute atomic E-state index is 13.3. The number of ether oxygens (including phenoxy) is 2. The first kappa shape index (κ1) is 22.8. The second-order valence-electron chi connectivity index (χ2n) is 11.1. The Hall–Kier alpha value is -1.34. The van der Waals surface area contributed by atoms with E-state index in [9.17, 15) is 19.8 Å². The topological polar surface area (TPSA) is 93.1 Å². The molecule has 3 fully saturated rings. The maximum atomic E-state index is 13.3. The van der Waals surface area contributed by atoms with Gasteiger partial charge in [-0.15, -0.1) is 0 Å². The molecule has 0 radical (unpaired) electrons. The third kappa shape index (κ3) is 3.38. The monoisotopic (exact) mass is 432 g/mol. The number of hydrogen-bond donors (Lipinski definition) is 2. The van der Waals surface area contributed by atoms with Gasteiger partial charge in [-0.2, -0.15) is 0 Å². The minimum absolute atomic E-state index is 0.0526. The largest absolute Gasteiger partial charge is 0.393 e. The third-order valence-corrected chi connectivity index (χ3v) is 8.40. The van der Waals surface area contributed by atoms with Gasteiger partial charge >= 0.3 is 0 Å². The SMILES string of the molecule is CC(O)CC1(C)C(C2CCC3=CC(=O)C=CC3(C)C2)CC2OC(C)(C)OC21C(=O)CO. The zero-order chi connectivity index (χ0) is 22.8. The molecule has 0 bridgehead atoms. The van der Waals surface area contributed by atoms with Crippen LogP contribution in [-0.2, 0) is 19.1 Å². The van der Waals surface area contributed by atoms with Crippen LogP contribution in [0.4, 0.5) is 0 Å². The number of carbonyl (C=O) groups excluding carboxylic acids is 2. The summed E-state index contributed by atoms with van der Waals surface area (Å²) in [4.78, 5) is 25.1. The predicted molar refractivity (Wildman–Crippen MR) is 115 cm³/mol. The van der Waals surface area contributed by atoms with Crippen molar-refractivity contribution >= 4 is 11.6 Å². The van der Waals surface area contributed by atoms with E-state index in [4.69, 9.17) is 9.47 Å². The summed E-state index contributed by atoms with van der Waals surface area (Å²) < 4.78 is 12.6. The highest BCUT2D eigenvalue weighted by atomic mass is 16.8. The molecule has 1 saturated heterocycles. The van der Waals surface area contributed by atoms with Crippen LogP contribution >= 0.6 is 0 Å². The highest BCUT2D eigenvalue weighted by Gasteiger charge is 2.73. The van der Waals surface area contributed by atoms with Gasteiger partial charge < -0.3 is 19.7 Å². The molecular formula is C25H36O6. The summed E-state index contributed by atoms with van der Waals surface area (Å²) in [5, 5.41) is 20.3. The van der Waals surface area contributed by atoms with Gasteiger partial charge in [-0.3, -0.25) is 9.59 Å². The lowest BCUT2D eigenvalue weighted by molar-refractivity contribution is -0.210. The lowest BCUT2D eigenvalue weighted by atomic mass is 9.56. The van der Waals surface area contributed by atoms with Crippen molar-refractivity contribution in [3.8, 4) is 0 Å². The highest BCUT2D eigenvalue weighted by Crippen LogP contribution is 2.65. The fourth-order valence-corrected chi connectivity index (χ4v) is 7.32. The zero-order valence-electron chi connectivity index (χ0n) is 19.3. The highest BCUT2D eigenvalue weighted by molar-refractivity contribution is 6.01. The van der Waals surface area contributed by atoms with Crippen molar-refractivity contribution in [3.63, 3.8) is 0 Å². The average Bonchev–Trinajstić information content (AvgIpc) is 3.07. The van der Waals surface area contributed by atoms with Crippen LogP contribution in [0.1, 0.15) is 66.7 Å². The lowest BCUT2D eigenvalue weighted by Crippen LogP contribution is -2.59. The van der Waals surface area contributed by atoms with Crippen LogP contribution in [0.25, 0.3) is 0 Å². The molecule has 2 N–H and O–H groups in total. The Morgan fingerprint density at radius 3 is 2.65 bits per heavy atom. The lowest BCUT2D eigenvalue weighted by Gasteiger charge is -2.50. The second kappa shape index (κ2) is 7.34. The molecule has 3 aliphatic carbocycles. The number of aliphatic hydroxyl groups is 2. The summed E-state index contributed by atoms with van der Waals surface area (Å²) in [5.41, 5.74) is -0.949. The summed E-state index contributed by atoms with van der Waals surface area (Å²) in [7, 11) is 0. The molecule has 2 saturated carbocycles. The van der Waals surface area contributed by atoms with Gasteiger partial charge in [0.05, 0.1) is 12.2 Å². The van der Waals surface area contributed by atoms with E-state index in [1.807, 2.05) is 13.0 Å². The first-order valence-electron chi connectivity index (χ1n) is 11.5. The second-order valence-corrected chi connectivity index (χ2v) is 11.1. The van der Waals surface area contributed by atoms with Gasteiger partial charge in [0.2, 0.25) is 0 Å². The molecule has 0 amide bonds. The number of hydrogen-bond acceptors (Lipinski definition) is 6. The number of Topliss-reactive ketones (excluding diaryl/α,β-unsaturated/α-hetero) is 1. The Morgan fingerprint density at radius 1 is 1.29 bits per heavy atom. The molecular weight excluding hydrogens is 396 g/mol. The maximum Gasteiger partial charge on any atom is 0.193 e. The molecule has 0 aromatic carbocycles. The molecule has 6 heteroatoms. The van der Waals surface area contributed by atoms with E-state index in [-0.39, 0.29) is 28.8 Å². The summed E-state index contributed by atoms with van der Waals surface area (Å²) >= 11 is 0. The average molecular weight is 433 g/mol. The number of carbonyl (C=O) groups is 2. The Balaban J connectivity index is 1.74. The van der Waals surface area contributed by atoms with Gasteiger partial charge in [-0.25, -0.2) is 0 Å². The van der Waals surface area contributed by atoms with E-state index in [2.05, 4.69) is 6.92 Å². The van der Waals surface area contributed by atoms with Crippen molar-refractivity contribution in [3.05, 3.63) is 23.8 Å². The quantitative estimate of drug-likeness (QED) is 0.693. The Morgan fingerprint density at radius 2 is 2.00 bits per heavy atom. The smallest absolute Gasteiger partial charge is 0.193 e. The Labute approximate surface area is 184 Å². The first-order valence-corrected chi connectivity index (χ1v) is 11.5. The van der Waals surface area contributed by atoms with Crippen molar-refractivity contribution < 1.29 is 29.3 Å². The summed E-state index contributed by atoms with van der Waals surface area (Å²) in [6.07, 6.45) is 8.08. The summed E-state index contributed by atoms with van der Waals surface area (Å²) in [6.45, 7) is 8.96. The van der Waals surface area contributed by atoms with Crippen molar-refractivity contribution in [1.29, 1.82) is 0 Å². The van der Waals surface area contributed by atoms with Crippen LogP contribution in [0.3, 0.4) is 0 Å². The zero-order valence-corrected chi connectivity index (χ0v) is 19.3. The van der Waals surface area contributed by atoms with Crippen molar-refractivity contribution in [2.24, 2.45) is 22.7 Å². The standard InChI is InChI=1S/C25H36O6/c1-15(27)12-24(5)19(11-21-25(24,20(29)14-26)31-22(2,3)30-21)16-6-7-17-10-18(28)8-9-23(17,4)13-16/h8-10,15-16,19,21,26-27H,6-7,11-14H2,1-5H3. The van der Waals surface area contributed by atoms with Gasteiger partial charge in [0.15, 0.2) is 23.0 Å². The Bertz CT molecular complexity index is 841. The number of aliphatic hydroxyl groups excluding tert-OH is 2. The molecule has 6 nitrogen and oxygen atoms in total. The van der Waals surface area contributed by atoms with Gasteiger partial charge in [0.1, 0.15) is 6.61 Å². The fraction of sp³-hybridized carbons (Fsp3) is 0.760. The minimum atomic E-state index is -1.28. The summed E-state index contributed by atoms with van der Waals surface area (Å²) in [5.74, 6) is -0.867. The molecule has 1 heterocycles. The van der Waals surface area contributed by atoms with Crippen LogP contribution < -0.4 is 0 Å². The number of allylic oxidation sites excluding steroid dienone is 4. The molecule has 31 heavy (non-hydrogen) atoms. The van der Waals surface area contributed by atoms with Crippen LogP contribution in [-0.4, -0.2) is 52.0 Å². The van der Waals surface area contributed by atoms with Gasteiger partial charge in [-0.05, 0) is 76.9 Å². The van der Waals surface area contributed by atoms with Crippen LogP contribution in [0.2, 0.25) is 0 Å². The fourth-order valence-electron chi connectivity index (χ4n) is 7.32. The van der Waals surface area contributed by atoms with Gasteiger partial charge in [0, 0.05) is 10.8 Å². The molecule has 7 atom stereocenters. The number of rotatable bonds is 5. The molecule has 172 valence electrons. The molecule has 4 aliphatic rings. The van der Waals surface area contributed by atoms with E-state index in [0.717, 1.165) is 19.3 Å². The molecule has 0 spiro atoms. The van der Waals surface area contributed by atoms with E-state index in [0.29, 0.717) is 12.8 Å². The number of fused-ring (bicyclic) bond motifs is 2. The minimum Gasteiger partial charge on any atom is -0.393 e. The van der Waals surface area contributed by atoms with Crippen LogP contribution in [0, 0.1) is 22.7 Å². The van der Waals surface area contributed by atoms with Crippen LogP contribution in [0.15, 0.2) is 23.8 Å². The summed E-state index contributed by atoms with van der Waals surface area (Å²) in [6, 6.07) is 0. The van der Waals surface area contributed by atoms with E-state index in [1.54, 1.807) is 32.9 Å². The van der Waals surface area contributed by atoms with Crippen molar-refractivity contribution in [2.45, 2.75) is 90.3 Å². The molecule has 0 aromatic rings. The first-order chi connectivity index (χ1) is 14.4. The molecule has 7 unspecified atom stereocenters. The number of ketones is 2. The van der Waals surface area contributed by atoms with Crippen molar-refractivity contribution in [1.82, 2.24) is 0 Å². The van der Waals surface area contributed by atoms with Gasteiger partial charge in [0.25, 0.3) is 0 Å².